The highest BCUT2D eigenvalue weighted by Gasteiger charge is 2.45. The van der Waals surface area contributed by atoms with Crippen LogP contribution < -0.4 is 15.9 Å². The van der Waals surface area contributed by atoms with Crippen molar-refractivity contribution in [3.8, 4) is 6.07 Å². The summed E-state index contributed by atoms with van der Waals surface area (Å²) >= 11 is 6.89. The summed E-state index contributed by atoms with van der Waals surface area (Å²) in [4.78, 5) is 12.9. The predicted molar refractivity (Wildman–Crippen MR) is 170 cm³/mol. The summed E-state index contributed by atoms with van der Waals surface area (Å²) in [6.45, 7) is 2.13. The van der Waals surface area contributed by atoms with E-state index in [4.69, 9.17) is 17.0 Å². The maximum atomic E-state index is 12.9. The third-order valence-corrected chi connectivity index (χ3v) is 12.7. The zero-order chi connectivity index (χ0) is 27.6. The maximum Gasteiger partial charge on any atom is 0.306 e. The lowest BCUT2D eigenvalue weighted by molar-refractivity contribution is -0.143. The van der Waals surface area contributed by atoms with Crippen molar-refractivity contribution < 1.29 is 9.53 Å². The minimum absolute atomic E-state index is 0.155. The Labute approximate surface area is 241 Å². The van der Waals surface area contributed by atoms with Gasteiger partial charge >= 0.3 is 5.97 Å². The van der Waals surface area contributed by atoms with Crippen LogP contribution >= 0.6 is 31.2 Å². The molecule has 0 fully saturated rings. The van der Waals surface area contributed by atoms with Crippen molar-refractivity contribution in [1.29, 1.82) is 5.26 Å². The van der Waals surface area contributed by atoms with E-state index in [1.54, 1.807) is 0 Å². The number of nitrogens with zero attached hydrogens (tertiary/aromatic N) is 1. The van der Waals surface area contributed by atoms with Crippen molar-refractivity contribution in [3.63, 3.8) is 0 Å². The summed E-state index contributed by atoms with van der Waals surface area (Å²) in [6.07, 6.45) is 1.21. The molecule has 0 saturated heterocycles. The lowest BCUT2D eigenvalue weighted by atomic mass is 10.1. The van der Waals surface area contributed by atoms with Crippen LogP contribution in [-0.4, -0.2) is 27.7 Å². The molecular formula is C33H31NO2PS2+. The number of hydrogen-bond donors (Lipinski definition) is 0. The SMILES string of the molecule is CC(C#N)(CCC(=O)OCC[P+](c1ccccc1)(c1ccccc1)c1ccccc1)SC(=S)c1ccccc1. The number of nitriles is 1. The first-order valence-electron chi connectivity index (χ1n) is 12.9. The smallest absolute Gasteiger partial charge is 0.306 e. The quantitative estimate of drug-likeness (QED) is 0.115. The fraction of sp³-hybridized carbons (Fsp3) is 0.182. The molecule has 0 saturated carbocycles. The average molecular weight is 569 g/mol. The van der Waals surface area contributed by atoms with Gasteiger partial charge in [0.2, 0.25) is 0 Å². The standard InChI is InChI=1S/C33H31NO2PS2/c1-33(26-34,39-32(38)27-14-6-2-7-15-27)23-22-31(35)36-24-25-37(28-16-8-3-9-17-28,29-18-10-4-11-19-29)30-20-12-5-13-21-30/h2-21H,22-25H2,1H3/q+1. The summed E-state index contributed by atoms with van der Waals surface area (Å²) < 4.78 is 5.66. The van der Waals surface area contributed by atoms with Crippen molar-refractivity contribution in [2.45, 2.75) is 24.5 Å². The first-order valence-corrected chi connectivity index (χ1v) is 16.1. The van der Waals surface area contributed by atoms with Crippen molar-refractivity contribution >= 4 is 57.3 Å². The van der Waals surface area contributed by atoms with Crippen molar-refractivity contribution in [3.05, 3.63) is 127 Å². The van der Waals surface area contributed by atoms with Gasteiger partial charge in [0.05, 0.1) is 10.3 Å². The minimum Gasteiger partial charge on any atom is -0.462 e. The lowest BCUT2D eigenvalue weighted by Crippen LogP contribution is -2.35. The van der Waals surface area contributed by atoms with Crippen LogP contribution in [0.4, 0.5) is 0 Å². The summed E-state index contributed by atoms with van der Waals surface area (Å²) in [5.41, 5.74) is 0.907. The highest BCUT2D eigenvalue weighted by molar-refractivity contribution is 8.24. The molecule has 4 aromatic carbocycles. The molecule has 0 aliphatic heterocycles. The van der Waals surface area contributed by atoms with Crippen LogP contribution in [0.25, 0.3) is 0 Å². The fourth-order valence-electron chi connectivity index (χ4n) is 4.56. The first kappa shape index (κ1) is 28.7. The van der Waals surface area contributed by atoms with E-state index in [-0.39, 0.29) is 12.4 Å². The molecule has 0 N–H and O–H groups in total. The van der Waals surface area contributed by atoms with Gasteiger partial charge in [0.15, 0.2) is 0 Å². The number of thiocarbonyl (C=S) groups is 1. The van der Waals surface area contributed by atoms with E-state index in [9.17, 15) is 10.1 Å². The molecule has 196 valence electrons. The molecule has 4 rings (SSSR count). The van der Waals surface area contributed by atoms with E-state index in [0.29, 0.717) is 23.4 Å². The molecule has 3 nitrogen and oxygen atoms in total. The van der Waals surface area contributed by atoms with Crippen molar-refractivity contribution in [2.24, 2.45) is 0 Å². The molecule has 4 aromatic rings. The molecule has 0 heterocycles. The van der Waals surface area contributed by atoms with Gasteiger partial charge in [-0.1, -0.05) is 109 Å². The zero-order valence-corrected chi connectivity index (χ0v) is 24.4. The minimum atomic E-state index is -2.07. The number of thioether (sulfide) groups is 1. The molecule has 0 aromatic heterocycles. The Bertz CT molecular complexity index is 1310. The fourth-order valence-corrected chi connectivity index (χ4v) is 10.2. The Morgan fingerprint density at radius 3 is 1.69 bits per heavy atom. The van der Waals surface area contributed by atoms with Gasteiger partial charge in [-0.2, -0.15) is 5.26 Å². The monoisotopic (exact) mass is 568 g/mol. The summed E-state index contributed by atoms with van der Waals surface area (Å²) in [5.74, 6) is -0.296. The number of ether oxygens (including phenoxy) is 1. The van der Waals surface area contributed by atoms with Crippen LogP contribution in [0.1, 0.15) is 25.3 Å². The van der Waals surface area contributed by atoms with Gasteiger partial charge in [-0.05, 0) is 55.3 Å². The van der Waals surface area contributed by atoms with E-state index in [0.717, 1.165) is 5.56 Å². The second kappa shape index (κ2) is 13.7. The summed E-state index contributed by atoms with van der Waals surface area (Å²) in [5, 5.41) is 13.6. The number of carbonyl (C=O) groups is 1. The highest BCUT2D eigenvalue weighted by atomic mass is 32.2. The number of rotatable bonds is 11. The third-order valence-electron chi connectivity index (χ3n) is 6.65. The molecule has 0 bridgehead atoms. The van der Waals surface area contributed by atoms with E-state index >= 15 is 0 Å². The predicted octanol–water partition coefficient (Wildman–Crippen LogP) is 6.70. The van der Waals surface area contributed by atoms with E-state index in [1.807, 2.05) is 55.5 Å². The molecule has 6 heteroatoms. The van der Waals surface area contributed by atoms with Gasteiger partial charge in [-0.3, -0.25) is 4.79 Å². The molecule has 39 heavy (non-hydrogen) atoms. The number of carbonyl (C=O) groups excluding carboxylic acids is 1. The second-order valence-corrected chi connectivity index (χ2v) is 15.2. The van der Waals surface area contributed by atoms with Gasteiger partial charge in [-0.25, -0.2) is 0 Å². The topological polar surface area (TPSA) is 50.1 Å². The normalized spacial score (nSPS) is 12.6. The van der Waals surface area contributed by atoms with Gasteiger partial charge < -0.3 is 4.74 Å². The average Bonchev–Trinajstić information content (AvgIpc) is 3.00. The first-order chi connectivity index (χ1) is 19.0. The Morgan fingerprint density at radius 2 is 1.26 bits per heavy atom. The molecule has 0 amide bonds. The summed E-state index contributed by atoms with van der Waals surface area (Å²) in [6, 6.07) is 43.6. The molecule has 0 aliphatic rings. The Balaban J connectivity index is 1.47. The lowest BCUT2D eigenvalue weighted by Gasteiger charge is -2.27. The van der Waals surface area contributed by atoms with Gasteiger partial charge in [-0.15, -0.1) is 0 Å². The number of benzene rings is 4. The third kappa shape index (κ3) is 7.22. The van der Waals surface area contributed by atoms with Gasteiger partial charge in [0, 0.05) is 6.42 Å². The maximum absolute atomic E-state index is 12.9. The Hall–Kier alpha value is -3.29. The highest BCUT2D eigenvalue weighted by Crippen LogP contribution is 2.55. The van der Waals surface area contributed by atoms with E-state index < -0.39 is 12.0 Å². The summed E-state index contributed by atoms with van der Waals surface area (Å²) in [7, 11) is -2.07. The molecule has 0 aliphatic carbocycles. The second-order valence-electron chi connectivity index (χ2n) is 9.36. The van der Waals surface area contributed by atoms with Crippen LogP contribution in [-0.2, 0) is 9.53 Å². The van der Waals surface area contributed by atoms with E-state index in [2.05, 4.69) is 78.9 Å². The van der Waals surface area contributed by atoms with Crippen LogP contribution in [0.2, 0.25) is 0 Å². The molecule has 0 spiro atoms. The van der Waals surface area contributed by atoms with Gasteiger partial charge in [0.1, 0.15) is 40.7 Å². The molecule has 1 unspecified atom stereocenters. The van der Waals surface area contributed by atoms with Crippen molar-refractivity contribution in [2.75, 3.05) is 12.8 Å². The van der Waals surface area contributed by atoms with Crippen LogP contribution in [0.5, 0.6) is 0 Å². The van der Waals surface area contributed by atoms with Gasteiger partial charge in [0.25, 0.3) is 0 Å². The van der Waals surface area contributed by atoms with E-state index in [1.165, 1.54) is 27.7 Å². The Kier molecular flexibility index (Phi) is 10.1. The Morgan fingerprint density at radius 1 is 0.821 bits per heavy atom. The molecule has 1 atom stereocenters. The van der Waals surface area contributed by atoms with Crippen LogP contribution in [0, 0.1) is 11.3 Å². The number of hydrogen-bond acceptors (Lipinski definition) is 5. The van der Waals surface area contributed by atoms with Crippen LogP contribution in [0.15, 0.2) is 121 Å². The van der Waals surface area contributed by atoms with Crippen LogP contribution in [0.3, 0.4) is 0 Å². The molecule has 0 radical (unpaired) electrons. The zero-order valence-electron chi connectivity index (χ0n) is 21.9. The largest absolute Gasteiger partial charge is 0.462 e. The number of esters is 1. The molecular weight excluding hydrogens is 537 g/mol. The van der Waals surface area contributed by atoms with Crippen molar-refractivity contribution in [1.82, 2.24) is 0 Å².